The summed E-state index contributed by atoms with van der Waals surface area (Å²) in [6, 6.07) is 15.1. The van der Waals surface area contributed by atoms with Crippen molar-refractivity contribution >= 4 is 29.2 Å². The third-order valence-corrected chi connectivity index (χ3v) is 2.72. The number of amides is 1. The Balaban J connectivity index is 1.83. The second-order valence-corrected chi connectivity index (χ2v) is 4.43. The van der Waals surface area contributed by atoms with Crippen LogP contribution in [0.5, 0.6) is 0 Å². The van der Waals surface area contributed by atoms with Crippen LogP contribution in [0.2, 0.25) is 5.02 Å². The van der Waals surface area contributed by atoms with Crippen molar-refractivity contribution < 1.29 is 14.3 Å². The zero-order valence-corrected chi connectivity index (χ0v) is 11.3. The van der Waals surface area contributed by atoms with Gasteiger partial charge in [0, 0.05) is 10.7 Å². The molecule has 0 aromatic heterocycles. The third-order valence-electron chi connectivity index (χ3n) is 2.47. The first-order valence-corrected chi connectivity index (χ1v) is 6.30. The average Bonchev–Trinajstić information content (AvgIpc) is 2.48. The first-order valence-electron chi connectivity index (χ1n) is 5.93. The molecule has 0 aliphatic rings. The van der Waals surface area contributed by atoms with E-state index in [2.05, 4.69) is 5.32 Å². The summed E-state index contributed by atoms with van der Waals surface area (Å²) in [5.74, 6) is -0.937. The summed E-state index contributed by atoms with van der Waals surface area (Å²) in [7, 11) is 0. The Morgan fingerprint density at radius 3 is 2.30 bits per heavy atom. The van der Waals surface area contributed by atoms with Gasteiger partial charge < -0.3 is 10.1 Å². The highest BCUT2D eigenvalue weighted by Crippen LogP contribution is 2.13. The van der Waals surface area contributed by atoms with E-state index in [-0.39, 0.29) is 6.61 Å². The van der Waals surface area contributed by atoms with E-state index in [1.165, 1.54) is 0 Å². The molecular formula is C15H12ClNO3. The fourth-order valence-electron chi connectivity index (χ4n) is 1.52. The molecule has 0 aliphatic heterocycles. The number of anilines is 1. The quantitative estimate of drug-likeness (QED) is 0.880. The van der Waals surface area contributed by atoms with E-state index in [0.717, 1.165) is 0 Å². The summed E-state index contributed by atoms with van der Waals surface area (Å²) in [5.41, 5.74) is 1.00. The van der Waals surface area contributed by atoms with E-state index < -0.39 is 11.9 Å². The lowest BCUT2D eigenvalue weighted by Gasteiger charge is -2.06. The molecule has 0 unspecified atom stereocenters. The number of nitrogens with one attached hydrogen (secondary N) is 1. The van der Waals surface area contributed by atoms with Gasteiger partial charge in [-0.3, -0.25) is 4.79 Å². The summed E-state index contributed by atoms with van der Waals surface area (Å²) in [5, 5.41) is 3.18. The second-order valence-electron chi connectivity index (χ2n) is 4.00. The third kappa shape index (κ3) is 4.10. The van der Waals surface area contributed by atoms with Crippen molar-refractivity contribution in [3.8, 4) is 0 Å². The largest absolute Gasteiger partial charge is 0.452 e. The summed E-state index contributed by atoms with van der Waals surface area (Å²) < 4.78 is 4.91. The summed E-state index contributed by atoms with van der Waals surface area (Å²) in [6.45, 7) is -0.337. The van der Waals surface area contributed by atoms with E-state index >= 15 is 0 Å². The highest BCUT2D eigenvalue weighted by molar-refractivity contribution is 6.30. The Hall–Kier alpha value is -2.33. The van der Waals surface area contributed by atoms with Gasteiger partial charge in [-0.05, 0) is 36.4 Å². The molecule has 0 radical (unpaired) electrons. The maximum absolute atomic E-state index is 11.6. The van der Waals surface area contributed by atoms with Crippen molar-refractivity contribution in [3.63, 3.8) is 0 Å². The minimum atomic E-state index is -0.531. The normalized spacial score (nSPS) is 9.85. The standard InChI is InChI=1S/C15H12ClNO3/c16-12-6-8-13(9-7-12)17-14(18)10-20-15(19)11-4-2-1-3-5-11/h1-9H,10H2,(H,17,18). The lowest BCUT2D eigenvalue weighted by molar-refractivity contribution is -0.119. The Morgan fingerprint density at radius 2 is 1.65 bits per heavy atom. The molecule has 0 spiro atoms. The van der Waals surface area contributed by atoms with E-state index in [4.69, 9.17) is 16.3 Å². The molecule has 0 heterocycles. The molecule has 5 heteroatoms. The second kappa shape index (κ2) is 6.73. The maximum atomic E-state index is 11.6. The zero-order valence-electron chi connectivity index (χ0n) is 10.5. The minimum absolute atomic E-state index is 0.337. The van der Waals surface area contributed by atoms with Gasteiger partial charge in [-0.2, -0.15) is 0 Å². The van der Waals surface area contributed by atoms with Crippen molar-refractivity contribution in [2.75, 3.05) is 11.9 Å². The van der Waals surface area contributed by atoms with Crippen LogP contribution in [0.25, 0.3) is 0 Å². The smallest absolute Gasteiger partial charge is 0.338 e. The molecule has 0 aliphatic carbocycles. The first kappa shape index (κ1) is 14.1. The SMILES string of the molecule is O=C(COC(=O)c1ccccc1)Nc1ccc(Cl)cc1. The number of ether oxygens (including phenoxy) is 1. The lowest BCUT2D eigenvalue weighted by atomic mass is 10.2. The zero-order chi connectivity index (χ0) is 14.4. The molecule has 0 bridgehead atoms. The van der Waals surface area contributed by atoms with Crippen molar-refractivity contribution in [2.24, 2.45) is 0 Å². The first-order chi connectivity index (χ1) is 9.65. The van der Waals surface area contributed by atoms with Crippen LogP contribution in [0.4, 0.5) is 5.69 Å². The van der Waals surface area contributed by atoms with Crippen molar-refractivity contribution in [1.29, 1.82) is 0 Å². The number of hydrogen-bond acceptors (Lipinski definition) is 3. The van der Waals surface area contributed by atoms with Crippen molar-refractivity contribution in [1.82, 2.24) is 0 Å². The van der Waals surface area contributed by atoms with Gasteiger partial charge >= 0.3 is 5.97 Å². The summed E-state index contributed by atoms with van der Waals surface area (Å²) in [6.07, 6.45) is 0. The van der Waals surface area contributed by atoms with Crippen LogP contribution in [0.15, 0.2) is 54.6 Å². The molecule has 0 fully saturated rings. The molecule has 2 aromatic carbocycles. The van der Waals surface area contributed by atoms with Crippen LogP contribution in [0, 0.1) is 0 Å². The molecule has 102 valence electrons. The number of hydrogen-bond donors (Lipinski definition) is 1. The van der Waals surface area contributed by atoms with Gasteiger partial charge in [-0.15, -0.1) is 0 Å². The fraction of sp³-hybridized carbons (Fsp3) is 0.0667. The van der Waals surface area contributed by atoms with Gasteiger partial charge in [0.15, 0.2) is 6.61 Å². The number of halogens is 1. The number of benzene rings is 2. The molecule has 4 nitrogen and oxygen atoms in total. The predicted molar refractivity (Wildman–Crippen MR) is 76.8 cm³/mol. The topological polar surface area (TPSA) is 55.4 Å². The molecule has 0 saturated heterocycles. The van der Waals surface area contributed by atoms with Gasteiger partial charge in [0.25, 0.3) is 5.91 Å². The van der Waals surface area contributed by atoms with E-state index in [1.54, 1.807) is 54.6 Å². The molecule has 0 atom stereocenters. The highest BCUT2D eigenvalue weighted by atomic mass is 35.5. The average molecular weight is 290 g/mol. The minimum Gasteiger partial charge on any atom is -0.452 e. The van der Waals surface area contributed by atoms with Crippen LogP contribution < -0.4 is 5.32 Å². The van der Waals surface area contributed by atoms with E-state index in [1.807, 2.05) is 0 Å². The Morgan fingerprint density at radius 1 is 1.00 bits per heavy atom. The van der Waals surface area contributed by atoms with Crippen LogP contribution >= 0.6 is 11.6 Å². The number of esters is 1. The van der Waals surface area contributed by atoms with Crippen LogP contribution in [-0.4, -0.2) is 18.5 Å². The molecule has 2 aromatic rings. The molecule has 0 saturated carbocycles. The van der Waals surface area contributed by atoms with Gasteiger partial charge in [-0.1, -0.05) is 29.8 Å². The Kier molecular flexibility index (Phi) is 4.74. The number of carbonyl (C=O) groups is 2. The van der Waals surface area contributed by atoms with Gasteiger partial charge in [0.05, 0.1) is 5.56 Å². The van der Waals surface area contributed by atoms with Gasteiger partial charge in [-0.25, -0.2) is 4.79 Å². The monoisotopic (exact) mass is 289 g/mol. The van der Waals surface area contributed by atoms with E-state index in [9.17, 15) is 9.59 Å². The molecule has 1 N–H and O–H groups in total. The van der Waals surface area contributed by atoms with Gasteiger partial charge in [0.1, 0.15) is 0 Å². The summed E-state index contributed by atoms with van der Waals surface area (Å²) >= 11 is 5.74. The fourth-order valence-corrected chi connectivity index (χ4v) is 1.64. The van der Waals surface area contributed by atoms with Gasteiger partial charge in [0.2, 0.25) is 0 Å². The van der Waals surface area contributed by atoms with Crippen LogP contribution in [-0.2, 0) is 9.53 Å². The van der Waals surface area contributed by atoms with Crippen molar-refractivity contribution in [3.05, 3.63) is 65.2 Å². The van der Waals surface area contributed by atoms with E-state index in [0.29, 0.717) is 16.3 Å². The number of rotatable bonds is 4. The van der Waals surface area contributed by atoms with Crippen LogP contribution in [0.3, 0.4) is 0 Å². The summed E-state index contributed by atoms with van der Waals surface area (Å²) in [4.78, 5) is 23.2. The predicted octanol–water partition coefficient (Wildman–Crippen LogP) is 3.14. The Bertz CT molecular complexity index is 596. The van der Waals surface area contributed by atoms with Crippen molar-refractivity contribution in [2.45, 2.75) is 0 Å². The molecular weight excluding hydrogens is 278 g/mol. The van der Waals surface area contributed by atoms with Crippen LogP contribution in [0.1, 0.15) is 10.4 Å². The highest BCUT2D eigenvalue weighted by Gasteiger charge is 2.09. The number of carbonyl (C=O) groups excluding carboxylic acids is 2. The molecule has 2 rings (SSSR count). The Labute approximate surface area is 121 Å². The maximum Gasteiger partial charge on any atom is 0.338 e. The lowest BCUT2D eigenvalue weighted by Crippen LogP contribution is -2.20. The molecule has 20 heavy (non-hydrogen) atoms. The molecule has 1 amide bonds.